The van der Waals surface area contributed by atoms with Crippen molar-refractivity contribution in [1.82, 2.24) is 5.32 Å². The predicted octanol–water partition coefficient (Wildman–Crippen LogP) is 2.75. The average Bonchev–Trinajstić information content (AvgIpc) is 2.63. The summed E-state index contributed by atoms with van der Waals surface area (Å²) >= 11 is 1.34. The molecule has 0 saturated carbocycles. The number of alkyl carbamates (subject to hydrolysis) is 1. The number of carbonyl (C=O) groups is 2. The van der Waals surface area contributed by atoms with Crippen molar-refractivity contribution in [2.45, 2.75) is 33.3 Å². The third kappa shape index (κ3) is 5.58. The quantitative estimate of drug-likeness (QED) is 0.669. The van der Waals surface area contributed by atoms with Gasteiger partial charge in [-0.05, 0) is 39.3 Å². The summed E-state index contributed by atoms with van der Waals surface area (Å²) in [5, 5.41) is 2.55. The average molecular weight is 279 g/mol. The maximum atomic E-state index is 11.3. The van der Waals surface area contributed by atoms with Gasteiger partial charge in [0.25, 0.3) is 0 Å². The Labute approximate surface area is 117 Å². The summed E-state index contributed by atoms with van der Waals surface area (Å²) in [5.41, 5.74) is 0.456. The van der Waals surface area contributed by atoms with Crippen molar-refractivity contribution in [3.63, 3.8) is 0 Å². The summed E-state index contributed by atoms with van der Waals surface area (Å²) in [7, 11) is 0. The zero-order chi connectivity index (χ0) is 14.5. The number of aldehydes is 1. The van der Waals surface area contributed by atoms with E-state index in [0.717, 1.165) is 16.7 Å². The molecule has 0 unspecified atom stereocenters. The largest absolute Gasteiger partial charge is 0.444 e. The molecule has 0 spiro atoms. The highest BCUT2D eigenvalue weighted by molar-refractivity contribution is 7.14. The van der Waals surface area contributed by atoms with Crippen molar-refractivity contribution in [3.05, 3.63) is 21.4 Å². The van der Waals surface area contributed by atoms with Gasteiger partial charge >= 0.3 is 6.09 Å². The Balaban J connectivity index is 2.49. The lowest BCUT2D eigenvalue weighted by atomic mass is 10.2. The number of hydrogen-bond donors (Lipinski definition) is 1. The van der Waals surface area contributed by atoms with Crippen LogP contribution >= 0.6 is 11.3 Å². The van der Waals surface area contributed by atoms with Crippen LogP contribution in [0, 0.1) is 18.8 Å². The molecule has 1 aromatic heterocycles. The second-order valence-corrected chi connectivity index (χ2v) is 6.02. The lowest BCUT2D eigenvalue weighted by Crippen LogP contribution is -2.32. The van der Waals surface area contributed by atoms with Crippen molar-refractivity contribution in [2.24, 2.45) is 0 Å². The molecule has 1 heterocycles. The molecule has 1 rings (SSSR count). The van der Waals surface area contributed by atoms with E-state index in [-0.39, 0.29) is 6.54 Å². The number of ether oxygens (including phenoxy) is 1. The fraction of sp³-hybridized carbons (Fsp3) is 0.429. The zero-order valence-corrected chi connectivity index (χ0v) is 12.3. The number of rotatable bonds is 2. The molecule has 1 N–H and O–H groups in total. The smallest absolute Gasteiger partial charge is 0.408 e. The molecule has 0 radical (unpaired) electrons. The summed E-state index contributed by atoms with van der Waals surface area (Å²) in [4.78, 5) is 23.5. The number of aryl methyl sites for hydroxylation is 1. The van der Waals surface area contributed by atoms with E-state index in [1.165, 1.54) is 11.3 Å². The Kier molecular flexibility index (Phi) is 5.13. The van der Waals surface area contributed by atoms with Gasteiger partial charge in [0.1, 0.15) is 5.60 Å². The molecule has 0 aromatic carbocycles. The molecule has 0 saturated heterocycles. The van der Waals surface area contributed by atoms with Crippen LogP contribution in [-0.4, -0.2) is 24.5 Å². The van der Waals surface area contributed by atoms with Crippen molar-refractivity contribution < 1.29 is 14.3 Å². The third-order valence-corrected chi connectivity index (χ3v) is 3.05. The highest BCUT2D eigenvalue weighted by Gasteiger charge is 2.15. The van der Waals surface area contributed by atoms with Crippen LogP contribution in [0.25, 0.3) is 0 Å². The van der Waals surface area contributed by atoms with E-state index in [4.69, 9.17) is 4.74 Å². The van der Waals surface area contributed by atoms with Crippen LogP contribution in [0.5, 0.6) is 0 Å². The van der Waals surface area contributed by atoms with E-state index in [2.05, 4.69) is 17.2 Å². The van der Waals surface area contributed by atoms with Gasteiger partial charge in [-0.25, -0.2) is 4.79 Å². The van der Waals surface area contributed by atoms with E-state index < -0.39 is 11.7 Å². The molecule has 0 bridgehead atoms. The number of thiophene rings is 1. The highest BCUT2D eigenvalue weighted by Crippen LogP contribution is 2.18. The van der Waals surface area contributed by atoms with Gasteiger partial charge in [-0.1, -0.05) is 11.8 Å². The van der Waals surface area contributed by atoms with Crippen LogP contribution in [-0.2, 0) is 4.74 Å². The minimum absolute atomic E-state index is 0.211. The van der Waals surface area contributed by atoms with Gasteiger partial charge in [-0.3, -0.25) is 4.79 Å². The van der Waals surface area contributed by atoms with Crippen LogP contribution in [0.4, 0.5) is 4.79 Å². The topological polar surface area (TPSA) is 55.4 Å². The second-order valence-electron chi connectivity index (χ2n) is 4.94. The number of hydrogen-bond acceptors (Lipinski definition) is 4. The van der Waals surface area contributed by atoms with Crippen molar-refractivity contribution in [1.29, 1.82) is 0 Å². The summed E-state index contributed by atoms with van der Waals surface area (Å²) in [6.07, 6.45) is 0.320. The molecule has 1 aromatic rings. The summed E-state index contributed by atoms with van der Waals surface area (Å²) in [6.45, 7) is 7.51. The summed E-state index contributed by atoms with van der Waals surface area (Å²) in [5.74, 6) is 5.75. The van der Waals surface area contributed by atoms with Crippen LogP contribution in [0.3, 0.4) is 0 Å². The fourth-order valence-electron chi connectivity index (χ4n) is 1.24. The van der Waals surface area contributed by atoms with Crippen molar-refractivity contribution in [2.75, 3.05) is 6.54 Å². The Hall–Kier alpha value is -1.80. The Morgan fingerprint density at radius 2 is 2.21 bits per heavy atom. The van der Waals surface area contributed by atoms with Gasteiger partial charge in [-0.15, -0.1) is 11.3 Å². The minimum atomic E-state index is -0.513. The van der Waals surface area contributed by atoms with Crippen LogP contribution in [0.2, 0.25) is 0 Å². The lowest BCUT2D eigenvalue weighted by molar-refractivity contribution is 0.0535. The Morgan fingerprint density at radius 3 is 2.74 bits per heavy atom. The lowest BCUT2D eigenvalue weighted by Gasteiger charge is -2.18. The number of carbonyl (C=O) groups excluding carboxylic acids is 2. The first kappa shape index (κ1) is 15.3. The van der Waals surface area contributed by atoms with Crippen molar-refractivity contribution in [3.8, 4) is 11.8 Å². The Morgan fingerprint density at radius 1 is 1.53 bits per heavy atom. The number of nitrogens with one attached hydrogen (secondary N) is 1. The fourth-order valence-corrected chi connectivity index (χ4v) is 2.11. The first-order valence-corrected chi connectivity index (χ1v) is 6.65. The molecular weight excluding hydrogens is 262 g/mol. The molecule has 1 amide bonds. The molecule has 0 aliphatic carbocycles. The van der Waals surface area contributed by atoms with Gasteiger partial charge in [0.05, 0.1) is 16.3 Å². The molecule has 0 fully saturated rings. The van der Waals surface area contributed by atoms with Gasteiger partial charge in [0.2, 0.25) is 0 Å². The van der Waals surface area contributed by atoms with Gasteiger partial charge in [0, 0.05) is 0 Å². The standard InChI is InChI=1S/C14H17NO3S/c1-10-8-11(9-16)19-12(10)6-5-7-15-13(17)18-14(2,3)4/h8-9H,7H2,1-4H3,(H,15,17). The number of amides is 1. The van der Waals surface area contributed by atoms with Gasteiger partial charge in [0.15, 0.2) is 6.29 Å². The molecule has 102 valence electrons. The van der Waals surface area contributed by atoms with E-state index in [9.17, 15) is 9.59 Å². The minimum Gasteiger partial charge on any atom is -0.444 e. The maximum absolute atomic E-state index is 11.3. The molecular formula is C14H17NO3S. The van der Waals surface area contributed by atoms with E-state index in [0.29, 0.717) is 4.88 Å². The van der Waals surface area contributed by atoms with Crippen molar-refractivity contribution >= 4 is 23.7 Å². The molecule has 0 aliphatic heterocycles. The molecule has 0 atom stereocenters. The first-order valence-electron chi connectivity index (χ1n) is 5.83. The second kappa shape index (κ2) is 6.39. The van der Waals surface area contributed by atoms with Gasteiger partial charge in [-0.2, -0.15) is 0 Å². The van der Waals surface area contributed by atoms with Crippen LogP contribution in [0.1, 0.15) is 40.9 Å². The molecule has 19 heavy (non-hydrogen) atoms. The Bertz CT molecular complexity index is 529. The van der Waals surface area contributed by atoms with Crippen LogP contribution < -0.4 is 5.32 Å². The SMILES string of the molecule is Cc1cc(C=O)sc1C#CCNC(=O)OC(C)(C)C. The summed E-state index contributed by atoms with van der Waals surface area (Å²) < 4.78 is 5.07. The van der Waals surface area contributed by atoms with E-state index >= 15 is 0 Å². The zero-order valence-electron chi connectivity index (χ0n) is 11.5. The maximum Gasteiger partial charge on any atom is 0.408 e. The first-order chi connectivity index (χ1) is 8.81. The summed E-state index contributed by atoms with van der Waals surface area (Å²) in [6, 6.07) is 1.79. The predicted molar refractivity (Wildman–Crippen MR) is 75.6 cm³/mol. The monoisotopic (exact) mass is 279 g/mol. The van der Waals surface area contributed by atoms with Crippen LogP contribution in [0.15, 0.2) is 6.07 Å². The van der Waals surface area contributed by atoms with E-state index in [1.807, 2.05) is 6.92 Å². The third-order valence-electron chi connectivity index (χ3n) is 1.97. The van der Waals surface area contributed by atoms with Gasteiger partial charge < -0.3 is 10.1 Å². The molecule has 5 heteroatoms. The van der Waals surface area contributed by atoms with E-state index in [1.54, 1.807) is 26.8 Å². The normalized spacial score (nSPS) is 10.3. The molecule has 4 nitrogen and oxygen atoms in total. The molecule has 0 aliphatic rings. The highest BCUT2D eigenvalue weighted by atomic mass is 32.1.